The molecule has 16 heavy (non-hydrogen) atoms. The molecule has 0 saturated heterocycles. The van der Waals surface area contributed by atoms with Crippen LogP contribution in [-0.2, 0) is 14.3 Å². The van der Waals surface area contributed by atoms with E-state index in [0.29, 0.717) is 18.9 Å². The van der Waals surface area contributed by atoms with E-state index in [0.717, 1.165) is 6.61 Å². The minimum absolute atomic E-state index is 0.360. The van der Waals surface area contributed by atoms with E-state index >= 15 is 0 Å². The Labute approximate surface area is 97.5 Å². The van der Waals surface area contributed by atoms with Gasteiger partial charge in [0.1, 0.15) is 6.04 Å². The van der Waals surface area contributed by atoms with E-state index in [1.807, 2.05) is 0 Å². The lowest BCUT2D eigenvalue weighted by Gasteiger charge is -2.21. The van der Waals surface area contributed by atoms with Gasteiger partial charge in [0.2, 0.25) is 0 Å². The molecule has 0 radical (unpaired) electrons. The lowest BCUT2D eigenvalue weighted by atomic mass is 9.90. The van der Waals surface area contributed by atoms with Gasteiger partial charge >= 0.3 is 5.97 Å². The van der Waals surface area contributed by atoms with Crippen LogP contribution in [0.25, 0.3) is 0 Å². The Balaban J connectivity index is 2.00. The maximum Gasteiger partial charge on any atom is 0.322 e. The SMILES string of the molecule is COC(=O)C(N)CCOCC1CCCCC1. The zero-order chi connectivity index (χ0) is 11.8. The van der Waals surface area contributed by atoms with Crippen LogP contribution in [0.4, 0.5) is 0 Å². The second kappa shape index (κ2) is 7.63. The summed E-state index contributed by atoms with van der Waals surface area (Å²) >= 11 is 0. The molecule has 0 amide bonds. The molecule has 0 aromatic heterocycles. The van der Waals surface area contributed by atoms with Crippen molar-refractivity contribution in [2.45, 2.75) is 44.6 Å². The molecule has 2 N–H and O–H groups in total. The number of hydrogen-bond acceptors (Lipinski definition) is 4. The fourth-order valence-electron chi connectivity index (χ4n) is 2.08. The molecule has 0 aliphatic heterocycles. The second-order valence-electron chi connectivity index (χ2n) is 4.50. The van der Waals surface area contributed by atoms with Crippen molar-refractivity contribution in [3.63, 3.8) is 0 Å². The molecule has 1 unspecified atom stereocenters. The maximum absolute atomic E-state index is 11.0. The van der Waals surface area contributed by atoms with Crippen LogP contribution >= 0.6 is 0 Å². The largest absolute Gasteiger partial charge is 0.468 e. The van der Waals surface area contributed by atoms with E-state index in [2.05, 4.69) is 4.74 Å². The summed E-state index contributed by atoms with van der Waals surface area (Å²) in [4.78, 5) is 11.0. The number of ether oxygens (including phenoxy) is 2. The van der Waals surface area contributed by atoms with Crippen LogP contribution in [0.1, 0.15) is 38.5 Å². The Morgan fingerprint density at radius 1 is 1.38 bits per heavy atom. The summed E-state index contributed by atoms with van der Waals surface area (Å²) < 4.78 is 10.1. The zero-order valence-electron chi connectivity index (χ0n) is 10.1. The Kier molecular flexibility index (Phi) is 6.42. The van der Waals surface area contributed by atoms with E-state index in [9.17, 15) is 4.79 Å². The van der Waals surface area contributed by atoms with Gasteiger partial charge in [0.05, 0.1) is 7.11 Å². The number of methoxy groups -OCH3 is 1. The van der Waals surface area contributed by atoms with Gasteiger partial charge in [-0.05, 0) is 25.2 Å². The monoisotopic (exact) mass is 229 g/mol. The van der Waals surface area contributed by atoms with Crippen molar-refractivity contribution in [1.29, 1.82) is 0 Å². The van der Waals surface area contributed by atoms with E-state index in [1.165, 1.54) is 39.2 Å². The van der Waals surface area contributed by atoms with Gasteiger partial charge < -0.3 is 15.2 Å². The highest BCUT2D eigenvalue weighted by Crippen LogP contribution is 2.23. The van der Waals surface area contributed by atoms with Crippen LogP contribution in [-0.4, -0.2) is 32.3 Å². The predicted molar refractivity (Wildman–Crippen MR) is 62.0 cm³/mol. The van der Waals surface area contributed by atoms with Crippen molar-refractivity contribution in [3.8, 4) is 0 Å². The van der Waals surface area contributed by atoms with Crippen LogP contribution in [0.5, 0.6) is 0 Å². The first-order valence-corrected chi connectivity index (χ1v) is 6.15. The molecule has 1 aliphatic rings. The average Bonchev–Trinajstić information content (AvgIpc) is 2.34. The summed E-state index contributed by atoms with van der Waals surface area (Å²) in [5, 5.41) is 0. The number of carbonyl (C=O) groups excluding carboxylic acids is 1. The number of hydrogen-bond donors (Lipinski definition) is 1. The lowest BCUT2D eigenvalue weighted by Crippen LogP contribution is -2.32. The van der Waals surface area contributed by atoms with Crippen molar-refractivity contribution < 1.29 is 14.3 Å². The van der Waals surface area contributed by atoms with E-state index in [4.69, 9.17) is 10.5 Å². The van der Waals surface area contributed by atoms with Crippen molar-refractivity contribution in [1.82, 2.24) is 0 Å². The molecule has 0 bridgehead atoms. The molecule has 0 aromatic carbocycles. The molecular formula is C12H23NO3. The maximum atomic E-state index is 11.0. The van der Waals surface area contributed by atoms with Gasteiger partial charge in [-0.2, -0.15) is 0 Å². The second-order valence-corrected chi connectivity index (χ2v) is 4.50. The van der Waals surface area contributed by atoms with Gasteiger partial charge in [-0.15, -0.1) is 0 Å². The van der Waals surface area contributed by atoms with Crippen LogP contribution < -0.4 is 5.73 Å². The van der Waals surface area contributed by atoms with Gasteiger partial charge in [0, 0.05) is 13.2 Å². The van der Waals surface area contributed by atoms with Gasteiger partial charge in [0.25, 0.3) is 0 Å². The first-order valence-electron chi connectivity index (χ1n) is 6.15. The molecule has 4 heteroatoms. The molecule has 94 valence electrons. The molecule has 1 aliphatic carbocycles. The summed E-state index contributed by atoms with van der Waals surface area (Å²) in [6.45, 7) is 1.36. The highest BCUT2D eigenvalue weighted by atomic mass is 16.5. The summed E-state index contributed by atoms with van der Waals surface area (Å²) in [6.07, 6.45) is 7.13. The summed E-state index contributed by atoms with van der Waals surface area (Å²) in [7, 11) is 1.35. The van der Waals surface area contributed by atoms with Crippen LogP contribution in [0.2, 0.25) is 0 Å². The third-order valence-corrected chi connectivity index (χ3v) is 3.16. The molecule has 1 fully saturated rings. The predicted octanol–water partition coefficient (Wildman–Crippen LogP) is 1.47. The van der Waals surface area contributed by atoms with Crippen LogP contribution in [0.15, 0.2) is 0 Å². The molecular weight excluding hydrogens is 206 g/mol. The van der Waals surface area contributed by atoms with E-state index < -0.39 is 6.04 Å². The van der Waals surface area contributed by atoms with Crippen molar-refractivity contribution >= 4 is 5.97 Å². The topological polar surface area (TPSA) is 61.5 Å². The van der Waals surface area contributed by atoms with Gasteiger partial charge in [-0.1, -0.05) is 19.3 Å². The summed E-state index contributed by atoms with van der Waals surface area (Å²) in [5.41, 5.74) is 5.59. The molecule has 4 nitrogen and oxygen atoms in total. The smallest absolute Gasteiger partial charge is 0.322 e. The molecule has 1 atom stereocenters. The number of nitrogens with two attached hydrogens (primary N) is 1. The quantitative estimate of drug-likeness (QED) is 0.553. The average molecular weight is 229 g/mol. The van der Waals surface area contributed by atoms with E-state index in [1.54, 1.807) is 0 Å². The van der Waals surface area contributed by atoms with Gasteiger partial charge in [-0.3, -0.25) is 4.79 Å². The Bertz CT molecular complexity index is 202. The highest BCUT2D eigenvalue weighted by Gasteiger charge is 2.15. The first kappa shape index (κ1) is 13.5. The lowest BCUT2D eigenvalue weighted by molar-refractivity contribution is -0.142. The van der Waals surface area contributed by atoms with Crippen LogP contribution in [0, 0.1) is 5.92 Å². The minimum atomic E-state index is -0.545. The first-order chi connectivity index (χ1) is 7.74. The Hall–Kier alpha value is -0.610. The fourth-order valence-corrected chi connectivity index (χ4v) is 2.08. The zero-order valence-corrected chi connectivity index (χ0v) is 10.1. The molecule has 0 spiro atoms. The third kappa shape index (κ3) is 4.94. The normalized spacial score (nSPS) is 19.4. The highest BCUT2D eigenvalue weighted by molar-refractivity contribution is 5.75. The van der Waals surface area contributed by atoms with E-state index in [-0.39, 0.29) is 5.97 Å². The molecule has 1 rings (SSSR count). The summed E-state index contributed by atoms with van der Waals surface area (Å²) in [6, 6.07) is -0.545. The van der Waals surface area contributed by atoms with Crippen molar-refractivity contribution in [2.24, 2.45) is 11.7 Å². The van der Waals surface area contributed by atoms with Crippen LogP contribution in [0.3, 0.4) is 0 Å². The molecule has 0 aromatic rings. The fraction of sp³-hybridized carbons (Fsp3) is 0.917. The molecule has 1 saturated carbocycles. The third-order valence-electron chi connectivity index (χ3n) is 3.16. The Morgan fingerprint density at radius 3 is 2.69 bits per heavy atom. The minimum Gasteiger partial charge on any atom is -0.468 e. The number of esters is 1. The molecule has 0 heterocycles. The Morgan fingerprint density at radius 2 is 2.06 bits per heavy atom. The number of carbonyl (C=O) groups is 1. The standard InChI is InChI=1S/C12H23NO3/c1-15-12(14)11(13)7-8-16-9-10-5-3-2-4-6-10/h10-11H,2-9,13H2,1H3. The van der Waals surface area contributed by atoms with Gasteiger partial charge in [-0.25, -0.2) is 0 Å². The number of rotatable bonds is 6. The van der Waals surface area contributed by atoms with Gasteiger partial charge in [0.15, 0.2) is 0 Å². The summed E-state index contributed by atoms with van der Waals surface area (Å²) in [5.74, 6) is 0.351. The van der Waals surface area contributed by atoms with Crippen molar-refractivity contribution in [3.05, 3.63) is 0 Å². The van der Waals surface area contributed by atoms with Crippen molar-refractivity contribution in [2.75, 3.05) is 20.3 Å².